The minimum Gasteiger partial charge on any atom is -0.493 e. The predicted octanol–water partition coefficient (Wildman–Crippen LogP) is 3.87. The predicted molar refractivity (Wildman–Crippen MR) is 117 cm³/mol. The quantitative estimate of drug-likeness (QED) is 0.632. The molecule has 7 heteroatoms. The van der Waals surface area contributed by atoms with Crippen molar-refractivity contribution in [3.05, 3.63) is 41.5 Å². The molecule has 0 atom stereocenters. The maximum absolute atomic E-state index is 12.4. The zero-order valence-electron chi connectivity index (χ0n) is 18.4. The third kappa shape index (κ3) is 3.66. The van der Waals surface area contributed by atoms with Gasteiger partial charge in [0, 0.05) is 17.7 Å². The highest BCUT2D eigenvalue weighted by Gasteiger charge is 2.49. The molecule has 2 aromatic carbocycles. The highest BCUT2D eigenvalue weighted by molar-refractivity contribution is 5.99. The molecule has 0 bridgehead atoms. The van der Waals surface area contributed by atoms with E-state index in [1.807, 2.05) is 30.3 Å². The van der Waals surface area contributed by atoms with Gasteiger partial charge < -0.3 is 24.3 Å². The molecule has 2 fully saturated rings. The normalized spacial score (nSPS) is 18.2. The Balaban J connectivity index is 1.44. The second-order valence-corrected chi connectivity index (χ2v) is 8.75. The van der Waals surface area contributed by atoms with E-state index in [1.165, 1.54) is 0 Å². The molecular weight excluding hydrogens is 410 g/mol. The summed E-state index contributed by atoms with van der Waals surface area (Å²) < 4.78 is 23.3. The average molecular weight is 437 g/mol. The molecule has 1 amide bonds. The molecule has 0 radical (unpaired) electrons. The smallest absolute Gasteiger partial charge is 0.309 e. The van der Waals surface area contributed by atoms with Crippen molar-refractivity contribution in [3.8, 4) is 28.4 Å². The summed E-state index contributed by atoms with van der Waals surface area (Å²) in [4.78, 5) is 24.3. The first kappa shape index (κ1) is 20.7. The van der Waals surface area contributed by atoms with Crippen molar-refractivity contribution in [1.82, 2.24) is 5.32 Å². The first-order valence-corrected chi connectivity index (χ1v) is 11.1. The molecule has 168 valence electrons. The van der Waals surface area contributed by atoms with Crippen molar-refractivity contribution in [2.75, 3.05) is 20.8 Å². The van der Waals surface area contributed by atoms with Crippen LogP contribution in [-0.4, -0.2) is 38.3 Å². The summed E-state index contributed by atoms with van der Waals surface area (Å²) in [6.45, 7) is 0.763. The molecule has 1 heterocycles. The largest absolute Gasteiger partial charge is 0.493 e. The number of carbonyl (C=O) groups is 2. The lowest BCUT2D eigenvalue weighted by Crippen LogP contribution is -2.33. The average Bonchev–Trinajstić information content (AvgIpc) is 3.42. The second-order valence-electron chi connectivity index (χ2n) is 8.75. The second kappa shape index (κ2) is 8.04. The number of nitrogens with one attached hydrogen (secondary N) is 1. The van der Waals surface area contributed by atoms with Crippen molar-refractivity contribution < 1.29 is 28.5 Å². The topological polar surface area (TPSA) is 83.1 Å². The minimum absolute atomic E-state index is 0.0390. The number of ether oxygens (including phenoxy) is 4. The van der Waals surface area contributed by atoms with E-state index in [4.69, 9.17) is 18.9 Å². The van der Waals surface area contributed by atoms with Gasteiger partial charge in [-0.2, -0.15) is 0 Å². The van der Waals surface area contributed by atoms with E-state index in [0.717, 1.165) is 48.8 Å². The van der Waals surface area contributed by atoms with Gasteiger partial charge in [0.15, 0.2) is 11.5 Å². The summed E-state index contributed by atoms with van der Waals surface area (Å²) in [7, 11) is 3.15. The molecule has 2 aromatic rings. The summed E-state index contributed by atoms with van der Waals surface area (Å²) in [5.74, 6) is 1.46. The number of esters is 1. The van der Waals surface area contributed by atoms with Crippen LogP contribution >= 0.6 is 0 Å². The highest BCUT2D eigenvalue weighted by Crippen LogP contribution is 2.48. The van der Waals surface area contributed by atoms with Gasteiger partial charge in [0.05, 0.1) is 20.1 Å². The van der Waals surface area contributed by atoms with E-state index >= 15 is 0 Å². The number of benzene rings is 2. The van der Waals surface area contributed by atoms with Crippen LogP contribution in [0.1, 0.15) is 48.0 Å². The van der Waals surface area contributed by atoms with Crippen LogP contribution in [0.5, 0.6) is 17.2 Å². The van der Waals surface area contributed by atoms with Gasteiger partial charge in [-0.05, 0) is 61.1 Å². The van der Waals surface area contributed by atoms with Gasteiger partial charge in [-0.1, -0.05) is 12.5 Å². The van der Waals surface area contributed by atoms with Crippen LogP contribution in [0.25, 0.3) is 11.1 Å². The summed E-state index contributed by atoms with van der Waals surface area (Å²) in [5, 5.41) is 2.85. The Kier molecular flexibility index (Phi) is 5.19. The molecule has 1 N–H and O–H groups in total. The molecule has 0 aromatic heterocycles. The first-order chi connectivity index (χ1) is 15.5. The molecule has 0 spiro atoms. The molecule has 2 aliphatic carbocycles. The number of hydrogen-bond donors (Lipinski definition) is 1. The van der Waals surface area contributed by atoms with Gasteiger partial charge in [0.1, 0.15) is 12.2 Å². The van der Waals surface area contributed by atoms with Crippen LogP contribution in [0.15, 0.2) is 30.3 Å². The van der Waals surface area contributed by atoms with Crippen molar-refractivity contribution >= 4 is 11.9 Å². The number of carbonyl (C=O) groups excluding carboxylic acids is 2. The fraction of sp³-hybridized carbons (Fsp3) is 0.440. The van der Waals surface area contributed by atoms with Crippen molar-refractivity contribution in [2.45, 2.75) is 44.2 Å². The molecule has 5 rings (SSSR count). The van der Waals surface area contributed by atoms with E-state index in [2.05, 4.69) is 5.32 Å². The van der Waals surface area contributed by atoms with Crippen LogP contribution in [0.3, 0.4) is 0 Å². The highest BCUT2D eigenvalue weighted by atomic mass is 16.6. The fourth-order valence-electron chi connectivity index (χ4n) is 4.23. The molecule has 3 aliphatic rings. The third-order valence-electron chi connectivity index (χ3n) is 6.64. The van der Waals surface area contributed by atoms with E-state index in [0.29, 0.717) is 29.4 Å². The van der Waals surface area contributed by atoms with Gasteiger partial charge in [-0.15, -0.1) is 0 Å². The van der Waals surface area contributed by atoms with E-state index in [9.17, 15) is 9.59 Å². The van der Waals surface area contributed by atoms with Gasteiger partial charge >= 0.3 is 5.97 Å². The summed E-state index contributed by atoms with van der Waals surface area (Å²) in [6, 6.07) is 9.48. The Labute approximate surface area is 187 Å². The Bertz CT molecular complexity index is 1070. The Hall–Kier alpha value is -3.22. The van der Waals surface area contributed by atoms with E-state index in [-0.39, 0.29) is 24.4 Å². The van der Waals surface area contributed by atoms with Crippen LogP contribution in [-0.2, 0) is 16.1 Å². The third-order valence-corrected chi connectivity index (χ3v) is 6.64. The van der Waals surface area contributed by atoms with Crippen LogP contribution in [0, 0.1) is 5.92 Å². The van der Waals surface area contributed by atoms with Gasteiger partial charge in [0.2, 0.25) is 5.75 Å². The van der Waals surface area contributed by atoms with Crippen LogP contribution < -0.4 is 19.5 Å². The number of amides is 1. The maximum Gasteiger partial charge on any atom is 0.309 e. The summed E-state index contributed by atoms with van der Waals surface area (Å²) in [6.07, 6.45) is 4.51. The van der Waals surface area contributed by atoms with Crippen molar-refractivity contribution in [2.24, 2.45) is 5.92 Å². The van der Waals surface area contributed by atoms with Crippen molar-refractivity contribution in [3.63, 3.8) is 0 Å². The molecule has 2 saturated carbocycles. The van der Waals surface area contributed by atoms with Gasteiger partial charge in [-0.3, -0.25) is 9.59 Å². The Morgan fingerprint density at radius 1 is 1.06 bits per heavy atom. The standard InChI is InChI=1S/C25H27NO6/c1-29-20-9-8-18(16-6-7-19-17(12-16)13-26-23(19)27)21(22(20)30-2)31-14-25(10-11-25)32-24(28)15-4-3-5-15/h6-9,12,15H,3-5,10-11,13-14H2,1-2H3,(H,26,27). The summed E-state index contributed by atoms with van der Waals surface area (Å²) >= 11 is 0. The van der Waals surface area contributed by atoms with Crippen LogP contribution in [0.4, 0.5) is 0 Å². The molecule has 0 saturated heterocycles. The number of rotatable bonds is 8. The number of methoxy groups -OCH3 is 2. The monoisotopic (exact) mass is 437 g/mol. The molecule has 1 aliphatic heterocycles. The van der Waals surface area contributed by atoms with Gasteiger partial charge in [0.25, 0.3) is 5.91 Å². The van der Waals surface area contributed by atoms with Crippen LogP contribution in [0.2, 0.25) is 0 Å². The molecular formula is C25H27NO6. The molecule has 7 nitrogen and oxygen atoms in total. The summed E-state index contributed by atoms with van der Waals surface area (Å²) in [5.41, 5.74) is 2.81. The molecule has 0 unspecified atom stereocenters. The lowest BCUT2D eigenvalue weighted by atomic mass is 9.85. The Morgan fingerprint density at radius 3 is 2.50 bits per heavy atom. The zero-order valence-corrected chi connectivity index (χ0v) is 18.4. The van der Waals surface area contributed by atoms with Gasteiger partial charge in [-0.25, -0.2) is 0 Å². The molecule has 32 heavy (non-hydrogen) atoms. The fourth-order valence-corrected chi connectivity index (χ4v) is 4.23. The minimum atomic E-state index is -0.563. The van der Waals surface area contributed by atoms with Crippen molar-refractivity contribution in [1.29, 1.82) is 0 Å². The lowest BCUT2D eigenvalue weighted by molar-refractivity contribution is -0.161. The maximum atomic E-state index is 12.4. The number of hydrogen-bond acceptors (Lipinski definition) is 6. The zero-order chi connectivity index (χ0) is 22.3. The first-order valence-electron chi connectivity index (χ1n) is 11.1. The Morgan fingerprint density at radius 2 is 1.84 bits per heavy atom. The lowest BCUT2D eigenvalue weighted by Gasteiger charge is -2.27. The van der Waals surface area contributed by atoms with E-state index < -0.39 is 5.60 Å². The number of fused-ring (bicyclic) bond motifs is 1. The van der Waals surface area contributed by atoms with E-state index in [1.54, 1.807) is 14.2 Å². The SMILES string of the molecule is COc1ccc(-c2ccc3c(c2)CNC3=O)c(OCC2(OC(=O)C3CCC3)CC2)c1OC.